The predicted octanol–water partition coefficient (Wildman–Crippen LogP) is 5.69. The van der Waals surface area contributed by atoms with Crippen molar-refractivity contribution in [3.8, 4) is 0 Å². The normalized spacial score (nSPS) is 12.2. The molecule has 0 heterocycles. The van der Waals surface area contributed by atoms with Gasteiger partial charge in [0.15, 0.2) is 0 Å². The maximum Gasteiger partial charge on any atom is 0.0491 e. The summed E-state index contributed by atoms with van der Waals surface area (Å²) < 4.78 is 2.20. The molecular weight excluding hydrogens is 354 g/mol. The standard InChI is InChI=1S/C15H15Br2N/c1-10-6-7-14(17)15(8-10)18-11(2)12-4-3-5-13(16)9-12/h3-9,11,18H,1-2H3. The molecule has 0 fully saturated rings. The summed E-state index contributed by atoms with van der Waals surface area (Å²) in [5.74, 6) is 0. The highest BCUT2D eigenvalue weighted by Gasteiger charge is 2.07. The average molecular weight is 369 g/mol. The average Bonchev–Trinajstić information content (AvgIpc) is 2.34. The highest BCUT2D eigenvalue weighted by molar-refractivity contribution is 9.10. The molecule has 0 aliphatic carbocycles. The van der Waals surface area contributed by atoms with Gasteiger partial charge in [-0.15, -0.1) is 0 Å². The number of hydrogen-bond acceptors (Lipinski definition) is 1. The summed E-state index contributed by atoms with van der Waals surface area (Å²) >= 11 is 7.08. The van der Waals surface area contributed by atoms with Crippen LogP contribution in [0.15, 0.2) is 51.4 Å². The Morgan fingerprint density at radius 1 is 1.06 bits per heavy atom. The number of aryl methyl sites for hydroxylation is 1. The Balaban J connectivity index is 2.21. The zero-order valence-electron chi connectivity index (χ0n) is 10.4. The Morgan fingerprint density at radius 3 is 2.56 bits per heavy atom. The molecule has 0 aromatic heterocycles. The van der Waals surface area contributed by atoms with Crippen molar-refractivity contribution in [3.05, 3.63) is 62.5 Å². The summed E-state index contributed by atoms with van der Waals surface area (Å²) in [4.78, 5) is 0. The van der Waals surface area contributed by atoms with Crippen molar-refractivity contribution in [2.45, 2.75) is 19.9 Å². The van der Waals surface area contributed by atoms with Crippen molar-refractivity contribution in [3.63, 3.8) is 0 Å². The molecule has 0 saturated carbocycles. The van der Waals surface area contributed by atoms with Crippen LogP contribution in [0.4, 0.5) is 5.69 Å². The number of rotatable bonds is 3. The summed E-state index contributed by atoms with van der Waals surface area (Å²) in [5, 5.41) is 3.53. The van der Waals surface area contributed by atoms with Gasteiger partial charge in [0, 0.05) is 20.7 Å². The second kappa shape index (κ2) is 5.89. The highest BCUT2D eigenvalue weighted by Crippen LogP contribution is 2.28. The van der Waals surface area contributed by atoms with E-state index in [1.165, 1.54) is 11.1 Å². The number of anilines is 1. The van der Waals surface area contributed by atoms with E-state index in [0.29, 0.717) is 0 Å². The minimum atomic E-state index is 0.264. The van der Waals surface area contributed by atoms with Crippen molar-refractivity contribution < 1.29 is 0 Å². The summed E-state index contributed by atoms with van der Waals surface area (Å²) in [6, 6.07) is 15.0. The Morgan fingerprint density at radius 2 is 1.83 bits per heavy atom. The van der Waals surface area contributed by atoms with Crippen LogP contribution >= 0.6 is 31.9 Å². The van der Waals surface area contributed by atoms with Crippen LogP contribution < -0.4 is 5.32 Å². The summed E-state index contributed by atoms with van der Waals surface area (Å²) in [6.07, 6.45) is 0. The van der Waals surface area contributed by atoms with E-state index in [4.69, 9.17) is 0 Å². The Kier molecular flexibility index (Phi) is 4.46. The fraction of sp³-hybridized carbons (Fsp3) is 0.200. The molecule has 0 aliphatic heterocycles. The Bertz CT molecular complexity index is 552. The summed E-state index contributed by atoms with van der Waals surface area (Å²) in [6.45, 7) is 4.26. The van der Waals surface area contributed by atoms with Crippen LogP contribution in [0.2, 0.25) is 0 Å². The molecule has 1 atom stereocenters. The van der Waals surface area contributed by atoms with E-state index >= 15 is 0 Å². The first-order valence-corrected chi connectivity index (χ1v) is 7.43. The van der Waals surface area contributed by atoms with Gasteiger partial charge in [-0.25, -0.2) is 0 Å². The molecule has 0 amide bonds. The van der Waals surface area contributed by atoms with Gasteiger partial charge in [0.2, 0.25) is 0 Å². The SMILES string of the molecule is Cc1ccc(Br)c(NC(C)c2cccc(Br)c2)c1. The van der Waals surface area contributed by atoms with Gasteiger partial charge in [0.1, 0.15) is 0 Å². The number of nitrogens with one attached hydrogen (secondary N) is 1. The van der Waals surface area contributed by atoms with Crippen molar-refractivity contribution in [1.82, 2.24) is 0 Å². The molecule has 3 heteroatoms. The third kappa shape index (κ3) is 3.36. The first kappa shape index (κ1) is 13.6. The largest absolute Gasteiger partial charge is 0.378 e. The molecule has 1 unspecified atom stereocenters. The first-order valence-electron chi connectivity index (χ1n) is 5.84. The van der Waals surface area contributed by atoms with Crippen molar-refractivity contribution >= 4 is 37.5 Å². The zero-order valence-corrected chi connectivity index (χ0v) is 13.5. The summed E-state index contributed by atoms with van der Waals surface area (Å²) in [5.41, 5.74) is 3.64. The fourth-order valence-corrected chi connectivity index (χ4v) is 2.62. The van der Waals surface area contributed by atoms with Crippen LogP contribution in [0, 0.1) is 6.92 Å². The third-order valence-electron chi connectivity index (χ3n) is 2.84. The van der Waals surface area contributed by atoms with E-state index in [1.807, 2.05) is 6.07 Å². The van der Waals surface area contributed by atoms with E-state index in [0.717, 1.165) is 14.6 Å². The lowest BCUT2D eigenvalue weighted by molar-refractivity contribution is 0.882. The Labute approximate surface area is 125 Å². The minimum absolute atomic E-state index is 0.264. The lowest BCUT2D eigenvalue weighted by Gasteiger charge is -2.17. The van der Waals surface area contributed by atoms with Crippen molar-refractivity contribution in [2.24, 2.45) is 0 Å². The predicted molar refractivity (Wildman–Crippen MR) is 85.1 cm³/mol. The molecule has 0 radical (unpaired) electrons. The topological polar surface area (TPSA) is 12.0 Å². The maximum atomic E-state index is 3.57. The molecule has 2 aromatic rings. The third-order valence-corrected chi connectivity index (χ3v) is 4.03. The molecule has 2 aromatic carbocycles. The molecule has 1 N–H and O–H groups in total. The van der Waals surface area contributed by atoms with Crippen LogP contribution in [0.3, 0.4) is 0 Å². The van der Waals surface area contributed by atoms with E-state index in [-0.39, 0.29) is 6.04 Å². The van der Waals surface area contributed by atoms with Gasteiger partial charge in [-0.1, -0.05) is 34.1 Å². The van der Waals surface area contributed by atoms with Gasteiger partial charge < -0.3 is 5.32 Å². The lowest BCUT2D eigenvalue weighted by Crippen LogP contribution is -2.07. The minimum Gasteiger partial charge on any atom is -0.378 e. The van der Waals surface area contributed by atoms with E-state index < -0.39 is 0 Å². The van der Waals surface area contributed by atoms with Crippen LogP contribution in [-0.2, 0) is 0 Å². The van der Waals surface area contributed by atoms with Crippen LogP contribution in [0.5, 0.6) is 0 Å². The van der Waals surface area contributed by atoms with E-state index in [1.54, 1.807) is 0 Å². The van der Waals surface area contributed by atoms with E-state index in [9.17, 15) is 0 Å². The molecule has 0 spiro atoms. The zero-order chi connectivity index (χ0) is 13.1. The second-order valence-corrected chi connectivity index (χ2v) is 6.17. The van der Waals surface area contributed by atoms with Crippen molar-refractivity contribution in [1.29, 1.82) is 0 Å². The molecule has 0 aliphatic rings. The van der Waals surface area contributed by atoms with Gasteiger partial charge in [-0.3, -0.25) is 0 Å². The van der Waals surface area contributed by atoms with Crippen LogP contribution in [0.1, 0.15) is 24.1 Å². The lowest BCUT2D eigenvalue weighted by atomic mass is 10.1. The second-order valence-electron chi connectivity index (χ2n) is 4.40. The highest BCUT2D eigenvalue weighted by atomic mass is 79.9. The number of hydrogen-bond donors (Lipinski definition) is 1. The molecule has 18 heavy (non-hydrogen) atoms. The van der Waals surface area contributed by atoms with Gasteiger partial charge >= 0.3 is 0 Å². The van der Waals surface area contributed by atoms with Crippen LogP contribution in [0.25, 0.3) is 0 Å². The molecular formula is C15H15Br2N. The van der Waals surface area contributed by atoms with E-state index in [2.05, 4.69) is 87.4 Å². The molecule has 0 saturated heterocycles. The molecule has 2 rings (SSSR count). The first-order chi connectivity index (χ1) is 8.56. The van der Waals surface area contributed by atoms with Gasteiger partial charge in [0.05, 0.1) is 0 Å². The monoisotopic (exact) mass is 367 g/mol. The maximum absolute atomic E-state index is 3.57. The van der Waals surface area contributed by atoms with Gasteiger partial charge in [-0.2, -0.15) is 0 Å². The smallest absolute Gasteiger partial charge is 0.0491 e. The fourth-order valence-electron chi connectivity index (χ4n) is 1.84. The molecule has 0 bridgehead atoms. The Hall–Kier alpha value is -0.800. The number of halogens is 2. The molecule has 94 valence electrons. The quantitative estimate of drug-likeness (QED) is 0.733. The van der Waals surface area contributed by atoms with Gasteiger partial charge in [-0.05, 0) is 65.2 Å². The van der Waals surface area contributed by atoms with Crippen molar-refractivity contribution in [2.75, 3.05) is 5.32 Å². The molecule has 1 nitrogen and oxygen atoms in total. The summed E-state index contributed by atoms with van der Waals surface area (Å²) in [7, 11) is 0. The van der Waals surface area contributed by atoms with Crippen LogP contribution in [-0.4, -0.2) is 0 Å². The van der Waals surface area contributed by atoms with Gasteiger partial charge in [0.25, 0.3) is 0 Å². The number of benzene rings is 2.